The molecule has 126 valence electrons. The summed E-state index contributed by atoms with van der Waals surface area (Å²) in [6, 6.07) is 23.7. The lowest BCUT2D eigenvalue weighted by Crippen LogP contribution is -2.44. The van der Waals surface area contributed by atoms with Crippen molar-refractivity contribution in [2.24, 2.45) is 7.05 Å². The monoisotopic (exact) mass is 330 g/mol. The predicted octanol–water partition coefficient (Wildman–Crippen LogP) is 4.42. The molecule has 0 saturated heterocycles. The Morgan fingerprint density at radius 2 is 1.52 bits per heavy atom. The van der Waals surface area contributed by atoms with E-state index in [9.17, 15) is 0 Å². The van der Waals surface area contributed by atoms with Crippen LogP contribution in [0.4, 0.5) is 17.2 Å². The number of fused-ring (bicyclic) bond motifs is 1. The second-order valence-electron chi connectivity index (χ2n) is 6.74. The van der Waals surface area contributed by atoms with Crippen LogP contribution in [-0.4, -0.2) is 13.2 Å². The number of aryl methyl sites for hydroxylation is 1. The minimum atomic E-state index is 0.274. The fourth-order valence-electron chi connectivity index (χ4n) is 3.80. The van der Waals surface area contributed by atoms with Crippen molar-refractivity contribution in [1.82, 2.24) is 0 Å². The molecule has 0 bridgehead atoms. The first-order valence-electron chi connectivity index (χ1n) is 8.75. The van der Waals surface area contributed by atoms with Crippen LogP contribution in [0.5, 0.6) is 0 Å². The third kappa shape index (κ3) is 2.39. The molecule has 3 nitrogen and oxygen atoms in total. The van der Waals surface area contributed by atoms with E-state index in [1.165, 1.54) is 34.0 Å². The maximum absolute atomic E-state index is 2.41. The molecule has 0 spiro atoms. The lowest BCUT2D eigenvalue weighted by Gasteiger charge is -2.22. The smallest absolute Gasteiger partial charge is 0.283 e. The van der Waals surface area contributed by atoms with E-state index < -0.39 is 0 Å². The van der Waals surface area contributed by atoms with Gasteiger partial charge in [-0.2, -0.15) is 0 Å². The highest BCUT2D eigenvalue weighted by Crippen LogP contribution is 2.42. The zero-order valence-electron chi connectivity index (χ0n) is 15.3. The van der Waals surface area contributed by atoms with Crippen molar-refractivity contribution in [2.45, 2.75) is 20.0 Å². The van der Waals surface area contributed by atoms with Gasteiger partial charge in [-0.15, -0.1) is 0 Å². The van der Waals surface area contributed by atoms with Gasteiger partial charge >= 0.3 is 0 Å². The molecule has 1 aromatic heterocycles. The van der Waals surface area contributed by atoms with Crippen molar-refractivity contribution in [3.05, 3.63) is 72.3 Å². The van der Waals surface area contributed by atoms with Gasteiger partial charge < -0.3 is 4.90 Å². The van der Waals surface area contributed by atoms with E-state index in [1.54, 1.807) is 0 Å². The van der Waals surface area contributed by atoms with E-state index in [4.69, 9.17) is 0 Å². The van der Waals surface area contributed by atoms with Crippen molar-refractivity contribution in [3.8, 4) is 11.3 Å². The number of hydrogen-bond acceptors (Lipinski definition) is 2. The molecular weight excluding hydrogens is 306 g/mol. The van der Waals surface area contributed by atoms with E-state index >= 15 is 0 Å². The Morgan fingerprint density at radius 1 is 0.840 bits per heavy atom. The van der Waals surface area contributed by atoms with Gasteiger partial charge in [0.25, 0.3) is 5.82 Å². The molecule has 3 heteroatoms. The van der Waals surface area contributed by atoms with Gasteiger partial charge in [0, 0.05) is 18.7 Å². The fourth-order valence-corrected chi connectivity index (χ4v) is 3.80. The first-order chi connectivity index (χ1) is 12.1. The molecule has 2 aromatic carbocycles. The number of pyridine rings is 1. The Labute approximate surface area is 149 Å². The van der Waals surface area contributed by atoms with E-state index in [0.717, 1.165) is 0 Å². The largest absolute Gasteiger partial charge is 0.333 e. The maximum atomic E-state index is 2.41. The van der Waals surface area contributed by atoms with Crippen LogP contribution in [0.2, 0.25) is 0 Å². The summed E-state index contributed by atoms with van der Waals surface area (Å²) in [7, 11) is 4.32. The average Bonchev–Trinajstić information content (AvgIpc) is 2.88. The number of benzene rings is 2. The molecule has 0 saturated carbocycles. The van der Waals surface area contributed by atoms with Gasteiger partial charge in [0.1, 0.15) is 5.69 Å². The van der Waals surface area contributed by atoms with Crippen LogP contribution < -0.4 is 14.4 Å². The van der Waals surface area contributed by atoms with Crippen molar-refractivity contribution in [3.63, 3.8) is 0 Å². The Bertz CT molecular complexity index is 932. The van der Waals surface area contributed by atoms with Gasteiger partial charge in [-0.1, -0.05) is 36.4 Å². The second kappa shape index (κ2) is 5.92. The van der Waals surface area contributed by atoms with Crippen molar-refractivity contribution >= 4 is 17.2 Å². The van der Waals surface area contributed by atoms with Gasteiger partial charge in [-0.3, -0.25) is 0 Å². The van der Waals surface area contributed by atoms with E-state index in [2.05, 4.69) is 109 Å². The molecule has 0 unspecified atom stereocenters. The van der Waals surface area contributed by atoms with Crippen LogP contribution in [0.3, 0.4) is 0 Å². The maximum Gasteiger partial charge on any atom is 0.283 e. The molecule has 1 atom stereocenters. The molecule has 1 aliphatic heterocycles. The highest BCUT2D eigenvalue weighted by atomic mass is 15.4. The number of anilines is 3. The molecule has 25 heavy (non-hydrogen) atoms. The number of nitrogens with zero attached hydrogens (tertiary/aromatic N) is 3. The number of hydrogen-bond donors (Lipinski definition) is 0. The summed E-state index contributed by atoms with van der Waals surface area (Å²) in [5.41, 5.74) is 6.34. The molecule has 2 heterocycles. The number of para-hydroxylation sites is 2. The minimum absolute atomic E-state index is 0.274. The molecule has 1 aliphatic rings. The van der Waals surface area contributed by atoms with Crippen molar-refractivity contribution in [2.75, 3.05) is 16.8 Å². The van der Waals surface area contributed by atoms with Crippen LogP contribution in [0.15, 0.2) is 66.7 Å². The molecular formula is C22H24N3+. The Kier molecular flexibility index (Phi) is 3.72. The minimum Gasteiger partial charge on any atom is -0.333 e. The number of rotatable bonds is 2. The van der Waals surface area contributed by atoms with Crippen LogP contribution in [-0.2, 0) is 7.05 Å². The van der Waals surface area contributed by atoms with E-state index in [1.807, 2.05) is 0 Å². The average molecular weight is 330 g/mol. The van der Waals surface area contributed by atoms with Crippen LogP contribution in [0.1, 0.15) is 12.5 Å². The third-order valence-corrected chi connectivity index (χ3v) is 5.33. The normalized spacial score (nSPS) is 16.2. The van der Waals surface area contributed by atoms with Crippen LogP contribution in [0, 0.1) is 6.92 Å². The van der Waals surface area contributed by atoms with Gasteiger partial charge in [-0.25, -0.2) is 9.47 Å². The third-order valence-electron chi connectivity index (χ3n) is 5.33. The topological polar surface area (TPSA) is 10.4 Å². The number of aromatic nitrogens is 1. The molecule has 3 aromatic rings. The SMILES string of the molecule is Cc1ccccc1-c1cccc(N2c3ccccc3N(C)[C@@H]2C)[n+]1C. The summed E-state index contributed by atoms with van der Waals surface area (Å²) in [4.78, 5) is 4.74. The second-order valence-corrected chi connectivity index (χ2v) is 6.74. The summed E-state index contributed by atoms with van der Waals surface area (Å²) in [6.45, 7) is 4.42. The Balaban J connectivity index is 1.88. The first-order valence-corrected chi connectivity index (χ1v) is 8.75. The summed E-state index contributed by atoms with van der Waals surface area (Å²) in [6.07, 6.45) is 0.274. The summed E-state index contributed by atoms with van der Waals surface area (Å²) >= 11 is 0. The van der Waals surface area contributed by atoms with Crippen LogP contribution in [0.25, 0.3) is 11.3 Å². The molecule has 0 fully saturated rings. The Hall–Kier alpha value is -2.81. The predicted molar refractivity (Wildman–Crippen MR) is 104 cm³/mol. The van der Waals surface area contributed by atoms with Crippen molar-refractivity contribution in [1.29, 1.82) is 0 Å². The highest BCUT2D eigenvalue weighted by molar-refractivity contribution is 5.81. The lowest BCUT2D eigenvalue weighted by molar-refractivity contribution is -0.647. The molecule has 0 aliphatic carbocycles. The first kappa shape index (κ1) is 15.7. The molecule has 0 radical (unpaired) electrons. The van der Waals surface area contributed by atoms with Gasteiger partial charge in [0.15, 0.2) is 11.9 Å². The quantitative estimate of drug-likeness (QED) is 0.644. The summed E-state index contributed by atoms with van der Waals surface area (Å²) in [5, 5.41) is 0. The van der Waals surface area contributed by atoms with E-state index in [-0.39, 0.29) is 6.17 Å². The van der Waals surface area contributed by atoms with Gasteiger partial charge in [0.05, 0.1) is 12.7 Å². The molecule has 4 rings (SSSR count). The highest BCUT2D eigenvalue weighted by Gasteiger charge is 2.39. The zero-order chi connectivity index (χ0) is 17.6. The lowest BCUT2D eigenvalue weighted by atomic mass is 10.0. The van der Waals surface area contributed by atoms with Crippen LogP contribution >= 0.6 is 0 Å². The van der Waals surface area contributed by atoms with Crippen molar-refractivity contribution < 1.29 is 4.57 Å². The van der Waals surface area contributed by atoms with Gasteiger partial charge in [-0.05, 0) is 43.7 Å². The Morgan fingerprint density at radius 3 is 2.28 bits per heavy atom. The molecule has 0 amide bonds. The zero-order valence-corrected chi connectivity index (χ0v) is 15.3. The van der Waals surface area contributed by atoms with Gasteiger partial charge in [0.2, 0.25) is 0 Å². The summed E-state index contributed by atoms with van der Waals surface area (Å²) < 4.78 is 2.30. The fraction of sp³-hybridized carbons (Fsp3) is 0.227. The van der Waals surface area contributed by atoms with E-state index in [0.29, 0.717) is 0 Å². The summed E-state index contributed by atoms with van der Waals surface area (Å²) in [5.74, 6) is 1.20. The standard InChI is InChI=1S/C22H24N3/c1-16-10-5-6-11-18(16)19-14-9-15-22(24(19)4)25-17(2)23(3)20-12-7-8-13-21(20)25/h5-15,17H,1-4H3/q+1/t17-/m0/s1. The molecule has 0 N–H and O–H groups in total.